The third-order valence-electron chi connectivity index (χ3n) is 4.80. The lowest BCUT2D eigenvalue weighted by Crippen LogP contribution is -2.08. The number of rotatable bonds is 6. The van der Waals surface area contributed by atoms with E-state index in [0.29, 0.717) is 40.4 Å². The second kappa shape index (κ2) is 9.28. The minimum absolute atomic E-state index is 0.0897. The molecule has 6 nitrogen and oxygen atoms in total. The van der Waals surface area contributed by atoms with Crippen LogP contribution in [-0.2, 0) is 11.3 Å². The summed E-state index contributed by atoms with van der Waals surface area (Å²) in [6.07, 6.45) is 0. The van der Waals surface area contributed by atoms with Gasteiger partial charge < -0.3 is 18.6 Å². The summed E-state index contributed by atoms with van der Waals surface area (Å²) < 4.78 is 23.1. The second-order valence-corrected chi connectivity index (χ2v) is 7.92. The van der Waals surface area contributed by atoms with Crippen LogP contribution in [0.15, 0.2) is 80.4 Å². The van der Waals surface area contributed by atoms with Gasteiger partial charge >= 0.3 is 5.97 Å². The highest BCUT2D eigenvalue weighted by Gasteiger charge is 2.15. The van der Waals surface area contributed by atoms with E-state index in [1.54, 1.807) is 49.4 Å². The highest BCUT2D eigenvalue weighted by Crippen LogP contribution is 2.28. The molecular weight excluding hydrogens is 476 g/mol. The monoisotopic (exact) mass is 494 g/mol. The molecular formula is C25H19BrO6. The fourth-order valence-electron chi connectivity index (χ4n) is 3.12. The SMILES string of the molecule is COC(=O)c1ccc(Oc2c(C)oc3cc(OCc4ccc(Br)cc4)ccc3c2=O)cc1. The normalized spacial score (nSPS) is 10.7. The number of benzene rings is 3. The molecule has 0 saturated carbocycles. The molecule has 0 spiro atoms. The highest BCUT2D eigenvalue weighted by atomic mass is 79.9. The van der Waals surface area contributed by atoms with Crippen molar-refractivity contribution >= 4 is 32.9 Å². The molecule has 0 unspecified atom stereocenters. The van der Waals surface area contributed by atoms with Crippen molar-refractivity contribution in [2.45, 2.75) is 13.5 Å². The Bertz CT molecular complexity index is 1320. The van der Waals surface area contributed by atoms with Gasteiger partial charge in [-0.15, -0.1) is 0 Å². The average molecular weight is 495 g/mol. The minimum atomic E-state index is -0.448. The van der Waals surface area contributed by atoms with E-state index in [0.717, 1.165) is 10.0 Å². The Morgan fingerprint density at radius 3 is 2.34 bits per heavy atom. The number of ether oxygens (including phenoxy) is 3. The first-order valence-corrected chi connectivity index (χ1v) is 10.5. The molecule has 4 rings (SSSR count). The quantitative estimate of drug-likeness (QED) is 0.305. The van der Waals surface area contributed by atoms with Crippen LogP contribution in [0.25, 0.3) is 11.0 Å². The number of halogens is 1. The lowest BCUT2D eigenvalue weighted by molar-refractivity contribution is 0.0600. The van der Waals surface area contributed by atoms with Crippen molar-refractivity contribution in [1.29, 1.82) is 0 Å². The average Bonchev–Trinajstić information content (AvgIpc) is 2.81. The highest BCUT2D eigenvalue weighted by molar-refractivity contribution is 9.10. The topological polar surface area (TPSA) is 75.0 Å². The van der Waals surface area contributed by atoms with Gasteiger partial charge in [0, 0.05) is 10.5 Å². The van der Waals surface area contributed by atoms with Crippen LogP contribution in [0, 0.1) is 6.92 Å². The van der Waals surface area contributed by atoms with Crippen molar-refractivity contribution < 1.29 is 23.4 Å². The Balaban J connectivity index is 1.56. The number of carbonyl (C=O) groups excluding carboxylic acids is 1. The lowest BCUT2D eigenvalue weighted by Gasteiger charge is -2.11. The summed E-state index contributed by atoms with van der Waals surface area (Å²) in [4.78, 5) is 24.6. The maximum Gasteiger partial charge on any atom is 0.337 e. The molecule has 0 fully saturated rings. The van der Waals surface area contributed by atoms with Crippen LogP contribution in [0.2, 0.25) is 0 Å². The third kappa shape index (κ3) is 4.68. The number of methoxy groups -OCH3 is 1. The first kappa shape index (κ1) is 21.6. The molecule has 0 aliphatic carbocycles. The van der Waals surface area contributed by atoms with Crippen LogP contribution in [0.1, 0.15) is 21.7 Å². The van der Waals surface area contributed by atoms with Crippen LogP contribution in [-0.4, -0.2) is 13.1 Å². The molecule has 0 aliphatic heterocycles. The predicted molar refractivity (Wildman–Crippen MR) is 124 cm³/mol. The van der Waals surface area contributed by atoms with Gasteiger partial charge in [-0.3, -0.25) is 4.79 Å². The van der Waals surface area contributed by atoms with E-state index < -0.39 is 5.97 Å². The van der Waals surface area contributed by atoms with Gasteiger partial charge in [0.25, 0.3) is 0 Å². The maximum atomic E-state index is 13.0. The molecule has 3 aromatic carbocycles. The Hall–Kier alpha value is -3.58. The predicted octanol–water partition coefficient (Wildman–Crippen LogP) is 6.02. The molecule has 162 valence electrons. The largest absolute Gasteiger partial charge is 0.489 e. The van der Waals surface area contributed by atoms with Crippen molar-refractivity contribution in [3.63, 3.8) is 0 Å². The Labute approximate surface area is 192 Å². The summed E-state index contributed by atoms with van der Waals surface area (Å²) in [7, 11) is 1.31. The zero-order chi connectivity index (χ0) is 22.7. The van der Waals surface area contributed by atoms with E-state index in [1.165, 1.54) is 7.11 Å². The molecule has 0 radical (unpaired) electrons. The van der Waals surface area contributed by atoms with E-state index in [1.807, 2.05) is 24.3 Å². The standard InChI is InChI=1S/C25H19BrO6/c1-15-24(32-19-9-5-17(6-10-19)25(28)29-2)23(27)21-12-11-20(13-22(21)31-15)30-14-16-3-7-18(26)8-4-16/h3-13H,14H2,1-2H3. The zero-order valence-corrected chi connectivity index (χ0v) is 19.0. The van der Waals surface area contributed by atoms with Crippen LogP contribution in [0.5, 0.6) is 17.2 Å². The van der Waals surface area contributed by atoms with E-state index in [4.69, 9.17) is 13.9 Å². The van der Waals surface area contributed by atoms with Gasteiger partial charge in [0.15, 0.2) is 0 Å². The Kier molecular flexibility index (Phi) is 6.28. The number of fused-ring (bicyclic) bond motifs is 1. The van der Waals surface area contributed by atoms with Gasteiger partial charge in [-0.1, -0.05) is 28.1 Å². The fraction of sp³-hybridized carbons (Fsp3) is 0.120. The number of carbonyl (C=O) groups is 1. The molecule has 1 heterocycles. The number of esters is 1. The van der Waals surface area contributed by atoms with Crippen LogP contribution < -0.4 is 14.9 Å². The smallest absolute Gasteiger partial charge is 0.337 e. The summed E-state index contributed by atoms with van der Waals surface area (Å²) in [6, 6.07) is 19.2. The molecule has 0 aliphatic rings. The van der Waals surface area contributed by atoms with Crippen LogP contribution in [0.4, 0.5) is 0 Å². The lowest BCUT2D eigenvalue weighted by atomic mass is 10.2. The minimum Gasteiger partial charge on any atom is -0.489 e. The first-order valence-electron chi connectivity index (χ1n) is 9.75. The van der Waals surface area contributed by atoms with Gasteiger partial charge in [-0.2, -0.15) is 0 Å². The molecule has 0 atom stereocenters. The summed E-state index contributed by atoms with van der Waals surface area (Å²) in [5, 5.41) is 0.382. The number of hydrogen-bond acceptors (Lipinski definition) is 6. The van der Waals surface area contributed by atoms with Gasteiger partial charge in [-0.05, 0) is 61.0 Å². The van der Waals surface area contributed by atoms with Crippen molar-refractivity contribution in [2.75, 3.05) is 7.11 Å². The van der Waals surface area contributed by atoms with Crippen LogP contribution in [0.3, 0.4) is 0 Å². The van der Waals surface area contributed by atoms with Gasteiger partial charge in [0.1, 0.15) is 29.4 Å². The first-order chi connectivity index (χ1) is 15.4. The van der Waals surface area contributed by atoms with E-state index in [-0.39, 0.29) is 11.2 Å². The molecule has 32 heavy (non-hydrogen) atoms. The number of hydrogen-bond donors (Lipinski definition) is 0. The molecule has 0 bridgehead atoms. The number of aryl methyl sites for hydroxylation is 1. The van der Waals surface area contributed by atoms with Crippen LogP contribution >= 0.6 is 15.9 Å². The van der Waals surface area contributed by atoms with Crippen molar-refractivity contribution in [3.05, 3.63) is 98.3 Å². The van der Waals surface area contributed by atoms with Gasteiger partial charge in [-0.25, -0.2) is 4.79 Å². The van der Waals surface area contributed by atoms with Crippen molar-refractivity contribution in [3.8, 4) is 17.2 Å². The summed E-state index contributed by atoms with van der Waals surface area (Å²) >= 11 is 3.41. The Morgan fingerprint density at radius 2 is 1.66 bits per heavy atom. The summed E-state index contributed by atoms with van der Waals surface area (Å²) in [6.45, 7) is 2.05. The maximum absolute atomic E-state index is 13.0. The summed E-state index contributed by atoms with van der Waals surface area (Å²) in [5.74, 6) is 0.976. The van der Waals surface area contributed by atoms with Crippen molar-refractivity contribution in [1.82, 2.24) is 0 Å². The van der Waals surface area contributed by atoms with E-state index >= 15 is 0 Å². The Morgan fingerprint density at radius 1 is 0.969 bits per heavy atom. The summed E-state index contributed by atoms with van der Waals surface area (Å²) in [5.41, 5.74) is 1.53. The zero-order valence-electron chi connectivity index (χ0n) is 17.4. The molecule has 0 amide bonds. The molecule has 0 saturated heterocycles. The van der Waals surface area contributed by atoms with Gasteiger partial charge in [0.05, 0.1) is 18.1 Å². The van der Waals surface area contributed by atoms with Crippen molar-refractivity contribution in [2.24, 2.45) is 0 Å². The molecule has 1 aromatic heterocycles. The fourth-order valence-corrected chi connectivity index (χ4v) is 3.38. The molecule has 7 heteroatoms. The third-order valence-corrected chi connectivity index (χ3v) is 5.33. The second-order valence-electron chi connectivity index (χ2n) is 7.01. The van der Waals surface area contributed by atoms with Gasteiger partial charge in [0.2, 0.25) is 11.2 Å². The molecule has 4 aromatic rings. The van der Waals surface area contributed by atoms with E-state index in [2.05, 4.69) is 20.7 Å². The van der Waals surface area contributed by atoms with E-state index in [9.17, 15) is 9.59 Å². The molecule has 0 N–H and O–H groups in total.